The van der Waals surface area contributed by atoms with E-state index in [2.05, 4.69) is 107 Å². The van der Waals surface area contributed by atoms with Crippen LogP contribution in [0.15, 0.2) is 24.3 Å². The molecule has 0 saturated heterocycles. The zero-order chi connectivity index (χ0) is 24.5. The van der Waals surface area contributed by atoms with Crippen molar-refractivity contribution in [2.45, 2.75) is 82.3 Å². The van der Waals surface area contributed by atoms with Crippen molar-refractivity contribution >= 4 is 27.0 Å². The van der Waals surface area contributed by atoms with Crippen LogP contribution in [0.2, 0.25) is 13.1 Å². The molecule has 0 saturated carbocycles. The van der Waals surface area contributed by atoms with Crippen LogP contribution in [0.1, 0.15) is 55.6 Å². The molecule has 0 bridgehead atoms. The van der Waals surface area contributed by atoms with Crippen LogP contribution in [0, 0.1) is 69.2 Å². The van der Waals surface area contributed by atoms with Gasteiger partial charge >= 0.3 is 41.6 Å². The first-order chi connectivity index (χ1) is 14.8. The van der Waals surface area contributed by atoms with Gasteiger partial charge in [0.05, 0.1) is 0 Å². The first-order valence-electron chi connectivity index (χ1n) is 11.6. The molecule has 0 spiro atoms. The molecule has 4 rings (SSSR count). The van der Waals surface area contributed by atoms with Crippen LogP contribution in [0.25, 0.3) is 21.5 Å². The maximum atomic E-state index is 2.33. The topological polar surface area (TPSA) is 0 Å². The van der Waals surface area contributed by atoms with Gasteiger partial charge in [-0.2, -0.15) is 12.1 Å². The first-order valence-corrected chi connectivity index (χ1v) is 19.4. The van der Waals surface area contributed by atoms with Gasteiger partial charge in [-0.3, -0.25) is 0 Å². The summed E-state index contributed by atoms with van der Waals surface area (Å²) in [5.41, 5.74) is 14.5. The van der Waals surface area contributed by atoms with Crippen molar-refractivity contribution in [2.75, 3.05) is 0 Å². The predicted molar refractivity (Wildman–Crippen MR) is 144 cm³/mol. The molecule has 0 aromatic heterocycles. The third kappa shape index (κ3) is 7.18. The first kappa shape index (κ1) is 33.3. The monoisotopic (exact) mass is 678 g/mol. The molecule has 4 heteroatoms. The number of fused-ring (bicyclic) bond motifs is 2. The van der Waals surface area contributed by atoms with Gasteiger partial charge in [0, 0.05) is 0 Å². The maximum absolute atomic E-state index is 2.33. The van der Waals surface area contributed by atoms with Crippen LogP contribution >= 0.6 is 0 Å². The van der Waals surface area contributed by atoms with Crippen LogP contribution < -0.4 is 24.8 Å². The zero-order valence-electron chi connectivity index (χ0n) is 23.1. The SMILES string of the molecule is C[Si](C)=[Hf+2].Cc1cc2c(C)c(C)c(C)c(C)c2[cH-]1.Cc1cc2c(C)c(C)c(C)c(C)c2[cH-]1.[Cl-].[Cl-]. The van der Waals surface area contributed by atoms with Crippen LogP contribution in [-0.2, 0) is 23.0 Å². The minimum Gasteiger partial charge on any atom is -1.00 e. The molecule has 4 aromatic rings. The van der Waals surface area contributed by atoms with Crippen LogP contribution in [0.3, 0.4) is 0 Å². The maximum Gasteiger partial charge on any atom is -0.0408 e. The van der Waals surface area contributed by atoms with Gasteiger partial charge in [0.2, 0.25) is 0 Å². The van der Waals surface area contributed by atoms with E-state index in [9.17, 15) is 0 Å². The average Bonchev–Trinajstić information content (AvgIpc) is 3.30. The number of aryl methyl sites for hydroxylation is 6. The van der Waals surface area contributed by atoms with Gasteiger partial charge in [-0.05, 0) is 41.5 Å². The summed E-state index contributed by atoms with van der Waals surface area (Å²) in [5, 5.41) is 5.73. The van der Waals surface area contributed by atoms with Crippen LogP contribution in [-0.4, -0.2) is 5.49 Å². The third-order valence-corrected chi connectivity index (χ3v) is 7.06. The molecular formula is C30H40Cl2HfSi-2. The van der Waals surface area contributed by atoms with Crippen molar-refractivity contribution in [3.8, 4) is 0 Å². The molecule has 0 aliphatic heterocycles. The summed E-state index contributed by atoms with van der Waals surface area (Å²) in [7, 11) is 0. The number of hydrogen-bond acceptors (Lipinski definition) is 0. The average molecular weight is 678 g/mol. The Morgan fingerprint density at radius 2 is 0.735 bits per heavy atom. The molecule has 0 unspecified atom stereocenters. The molecule has 0 nitrogen and oxygen atoms in total. The molecule has 184 valence electrons. The molecule has 4 aromatic carbocycles. The smallest absolute Gasteiger partial charge is 0.0408 e. The van der Waals surface area contributed by atoms with Gasteiger partial charge in [-0.25, -0.2) is 0 Å². The van der Waals surface area contributed by atoms with E-state index in [-0.39, 0.29) is 30.3 Å². The Hall–Kier alpha value is -0.673. The van der Waals surface area contributed by atoms with E-state index in [1.54, 1.807) is 0 Å². The Labute approximate surface area is 235 Å². The van der Waals surface area contributed by atoms with E-state index in [0.29, 0.717) is 0 Å². The molecule has 0 atom stereocenters. The van der Waals surface area contributed by atoms with Gasteiger partial charge in [-0.15, -0.1) is 55.9 Å². The normalized spacial score (nSPS) is 10.1. The van der Waals surface area contributed by atoms with Crippen LogP contribution in [0.4, 0.5) is 0 Å². The molecule has 0 fully saturated rings. The second-order valence-electron chi connectivity index (χ2n) is 9.72. The van der Waals surface area contributed by atoms with Crippen molar-refractivity contribution in [1.29, 1.82) is 0 Å². The van der Waals surface area contributed by atoms with E-state index in [1.807, 2.05) is 0 Å². The Balaban J connectivity index is 0.000000528. The third-order valence-electron chi connectivity index (χ3n) is 7.06. The van der Waals surface area contributed by atoms with Gasteiger partial charge in [0.1, 0.15) is 0 Å². The number of hydrogen-bond donors (Lipinski definition) is 0. The molecule has 0 N–H and O–H groups in total. The quantitative estimate of drug-likeness (QED) is 0.199. The summed E-state index contributed by atoms with van der Waals surface area (Å²) in [6, 6.07) is 9.18. The molecule has 0 heterocycles. The summed E-state index contributed by atoms with van der Waals surface area (Å²) in [6.07, 6.45) is 0. The van der Waals surface area contributed by atoms with Crippen molar-refractivity contribution in [2.24, 2.45) is 0 Å². The van der Waals surface area contributed by atoms with E-state index in [1.165, 1.54) is 100 Å². The summed E-state index contributed by atoms with van der Waals surface area (Å²) >= 11 is 1.45. The largest absolute Gasteiger partial charge is 1.00 e. The summed E-state index contributed by atoms with van der Waals surface area (Å²) in [4.78, 5) is 0. The Morgan fingerprint density at radius 3 is 1.00 bits per heavy atom. The van der Waals surface area contributed by atoms with E-state index in [4.69, 9.17) is 0 Å². The molecular weight excluding hydrogens is 638 g/mol. The fourth-order valence-electron chi connectivity index (χ4n) is 4.48. The second-order valence-corrected chi connectivity index (χ2v) is 22.5. The summed E-state index contributed by atoms with van der Waals surface area (Å²) in [6.45, 7) is 26.8. The van der Waals surface area contributed by atoms with Gasteiger partial charge in [0.25, 0.3) is 0 Å². The minimum atomic E-state index is 0. The molecule has 0 aliphatic carbocycles. The van der Waals surface area contributed by atoms with E-state index >= 15 is 0 Å². The predicted octanol–water partition coefficient (Wildman–Crippen LogP) is 2.99. The Bertz CT molecular complexity index is 1120. The van der Waals surface area contributed by atoms with Crippen molar-refractivity contribution in [1.82, 2.24) is 0 Å². The second kappa shape index (κ2) is 13.6. The van der Waals surface area contributed by atoms with Gasteiger partial charge < -0.3 is 24.8 Å². The zero-order valence-corrected chi connectivity index (χ0v) is 29.2. The molecule has 0 radical (unpaired) electrons. The fraction of sp³-hybridized carbons (Fsp3) is 0.400. The Morgan fingerprint density at radius 1 is 0.500 bits per heavy atom. The van der Waals surface area contributed by atoms with Gasteiger partial charge in [-0.1, -0.05) is 61.1 Å². The number of rotatable bonds is 0. The fourth-order valence-corrected chi connectivity index (χ4v) is 4.48. The molecule has 0 amide bonds. The standard InChI is InChI=1S/2C14H17.C2H6Si.2ClH.Hf/c2*1-8-6-13-11(4)9(2)10(3)12(5)14(13)7-8;1-3-2;;;/h2*6-7H,1-5H3;1-2H3;2*1H;/q2*-1;;;;+2/p-2. The van der Waals surface area contributed by atoms with E-state index in [0.717, 1.165) is 0 Å². The Kier molecular flexibility index (Phi) is 13.3. The number of halogens is 2. The minimum absolute atomic E-state index is 0. The van der Waals surface area contributed by atoms with Crippen molar-refractivity contribution in [3.63, 3.8) is 0 Å². The summed E-state index contributed by atoms with van der Waals surface area (Å²) in [5.74, 6) is 0. The summed E-state index contributed by atoms with van der Waals surface area (Å²) < 4.78 is 0. The van der Waals surface area contributed by atoms with Gasteiger partial charge in [0.15, 0.2) is 0 Å². The number of benzene rings is 2. The molecule has 0 aliphatic rings. The van der Waals surface area contributed by atoms with Crippen LogP contribution in [0.5, 0.6) is 0 Å². The van der Waals surface area contributed by atoms with Crippen molar-refractivity contribution < 1.29 is 47.8 Å². The van der Waals surface area contributed by atoms with E-state index < -0.39 is 0 Å². The van der Waals surface area contributed by atoms with Crippen molar-refractivity contribution in [3.05, 3.63) is 79.9 Å². The molecule has 34 heavy (non-hydrogen) atoms.